The summed E-state index contributed by atoms with van der Waals surface area (Å²) in [5.41, 5.74) is 0. The van der Waals surface area contributed by atoms with Crippen molar-refractivity contribution < 1.29 is 14.3 Å². The molecule has 0 heterocycles. The van der Waals surface area contributed by atoms with Gasteiger partial charge in [0.25, 0.3) is 0 Å². The lowest BCUT2D eigenvalue weighted by atomic mass is 10.3. The Bertz CT molecular complexity index is 195. The zero-order valence-electron chi connectivity index (χ0n) is 9.47. The van der Waals surface area contributed by atoms with Gasteiger partial charge < -0.3 is 15.4 Å². The first kappa shape index (κ1) is 13.9. The van der Waals surface area contributed by atoms with Crippen molar-refractivity contribution in [2.24, 2.45) is 0 Å². The highest BCUT2D eigenvalue weighted by molar-refractivity contribution is 5.76. The molecule has 0 aromatic heterocycles. The van der Waals surface area contributed by atoms with Gasteiger partial charge in [-0.2, -0.15) is 0 Å². The van der Waals surface area contributed by atoms with Crippen molar-refractivity contribution in [2.75, 3.05) is 26.7 Å². The smallest absolute Gasteiger partial charge is 0.305 e. The molecule has 5 heteroatoms. The molecule has 0 aliphatic carbocycles. The molecule has 0 aliphatic rings. The van der Waals surface area contributed by atoms with Crippen molar-refractivity contribution in [3.05, 3.63) is 0 Å². The second kappa shape index (κ2) is 9.45. The van der Waals surface area contributed by atoms with Crippen LogP contribution in [0.2, 0.25) is 0 Å². The monoisotopic (exact) mass is 216 g/mol. The fourth-order valence-electron chi connectivity index (χ4n) is 1.02. The van der Waals surface area contributed by atoms with Gasteiger partial charge in [0.1, 0.15) is 0 Å². The molecule has 0 unspecified atom stereocenters. The molecule has 15 heavy (non-hydrogen) atoms. The largest absolute Gasteiger partial charge is 0.466 e. The van der Waals surface area contributed by atoms with Crippen LogP contribution in [0.25, 0.3) is 0 Å². The predicted octanol–water partition coefficient (Wildman–Crippen LogP) is 0.0554. The van der Waals surface area contributed by atoms with Gasteiger partial charge in [-0.3, -0.25) is 9.59 Å². The molecule has 0 aromatic rings. The van der Waals surface area contributed by atoms with Crippen molar-refractivity contribution in [3.63, 3.8) is 0 Å². The van der Waals surface area contributed by atoms with Gasteiger partial charge in [0.2, 0.25) is 5.91 Å². The van der Waals surface area contributed by atoms with Gasteiger partial charge in [-0.1, -0.05) is 0 Å². The predicted molar refractivity (Wildman–Crippen MR) is 57.4 cm³/mol. The van der Waals surface area contributed by atoms with E-state index < -0.39 is 0 Å². The topological polar surface area (TPSA) is 67.4 Å². The normalized spacial score (nSPS) is 9.73. The van der Waals surface area contributed by atoms with Crippen LogP contribution in [0.1, 0.15) is 26.2 Å². The second-order valence-corrected chi connectivity index (χ2v) is 3.11. The van der Waals surface area contributed by atoms with Gasteiger partial charge in [0.15, 0.2) is 0 Å². The van der Waals surface area contributed by atoms with Crippen LogP contribution in [0.4, 0.5) is 0 Å². The van der Waals surface area contributed by atoms with Crippen LogP contribution >= 0.6 is 0 Å². The van der Waals surface area contributed by atoms with Crippen LogP contribution < -0.4 is 10.6 Å². The SMILES string of the molecule is CCOC(=O)CCCNC(=O)CCNC. The van der Waals surface area contributed by atoms with Crippen molar-refractivity contribution in [1.29, 1.82) is 0 Å². The van der Waals surface area contributed by atoms with Crippen LogP contribution in [-0.2, 0) is 14.3 Å². The Morgan fingerprint density at radius 2 is 1.93 bits per heavy atom. The number of hydrogen-bond acceptors (Lipinski definition) is 4. The molecule has 0 saturated carbocycles. The summed E-state index contributed by atoms with van der Waals surface area (Å²) in [5, 5.41) is 5.62. The standard InChI is InChI=1S/C10H20N2O3/c1-3-15-10(14)5-4-7-12-9(13)6-8-11-2/h11H,3-8H2,1-2H3,(H,12,13). The first-order chi connectivity index (χ1) is 7.20. The molecule has 0 bridgehead atoms. The lowest BCUT2D eigenvalue weighted by molar-refractivity contribution is -0.143. The molecule has 0 aromatic carbocycles. The fourth-order valence-corrected chi connectivity index (χ4v) is 1.02. The van der Waals surface area contributed by atoms with Crippen LogP contribution in [0.3, 0.4) is 0 Å². The molecule has 5 nitrogen and oxygen atoms in total. The van der Waals surface area contributed by atoms with Gasteiger partial charge in [0.05, 0.1) is 6.61 Å². The third kappa shape index (κ3) is 9.21. The van der Waals surface area contributed by atoms with Gasteiger partial charge >= 0.3 is 5.97 Å². The van der Waals surface area contributed by atoms with E-state index in [9.17, 15) is 9.59 Å². The Morgan fingerprint density at radius 1 is 1.20 bits per heavy atom. The third-order valence-corrected chi connectivity index (χ3v) is 1.79. The Balaban J connectivity index is 3.30. The summed E-state index contributed by atoms with van der Waals surface area (Å²) in [6.45, 7) is 3.38. The summed E-state index contributed by atoms with van der Waals surface area (Å²) in [5.74, 6) is -0.199. The van der Waals surface area contributed by atoms with Crippen molar-refractivity contribution >= 4 is 11.9 Å². The van der Waals surface area contributed by atoms with Crippen molar-refractivity contribution in [1.82, 2.24) is 10.6 Å². The van der Waals surface area contributed by atoms with E-state index in [0.717, 1.165) is 0 Å². The molecule has 0 aliphatic heterocycles. The molecule has 0 radical (unpaired) electrons. The van der Waals surface area contributed by atoms with E-state index in [2.05, 4.69) is 10.6 Å². The minimum Gasteiger partial charge on any atom is -0.466 e. The molecular weight excluding hydrogens is 196 g/mol. The summed E-state index contributed by atoms with van der Waals surface area (Å²) in [6, 6.07) is 0. The average molecular weight is 216 g/mol. The van der Waals surface area contributed by atoms with Gasteiger partial charge in [-0.05, 0) is 20.4 Å². The Kier molecular flexibility index (Phi) is 8.76. The number of carbonyl (C=O) groups excluding carboxylic acids is 2. The number of ether oxygens (including phenoxy) is 1. The zero-order chi connectivity index (χ0) is 11.5. The highest BCUT2D eigenvalue weighted by Crippen LogP contribution is 1.91. The minimum absolute atomic E-state index is 0.00760. The average Bonchev–Trinajstić information content (AvgIpc) is 2.22. The number of carbonyl (C=O) groups is 2. The molecule has 0 atom stereocenters. The summed E-state index contributed by atoms with van der Waals surface area (Å²) in [4.78, 5) is 22.0. The maximum atomic E-state index is 11.1. The molecule has 0 spiro atoms. The fraction of sp³-hybridized carbons (Fsp3) is 0.800. The maximum absolute atomic E-state index is 11.1. The number of hydrogen-bond donors (Lipinski definition) is 2. The molecule has 0 rings (SSSR count). The zero-order valence-corrected chi connectivity index (χ0v) is 9.47. The first-order valence-corrected chi connectivity index (χ1v) is 5.27. The second-order valence-electron chi connectivity index (χ2n) is 3.11. The summed E-state index contributed by atoms with van der Waals surface area (Å²) < 4.78 is 4.75. The number of esters is 1. The van der Waals surface area contributed by atoms with E-state index in [-0.39, 0.29) is 11.9 Å². The van der Waals surface area contributed by atoms with Crippen LogP contribution in [-0.4, -0.2) is 38.6 Å². The van der Waals surface area contributed by atoms with Crippen molar-refractivity contribution in [2.45, 2.75) is 26.2 Å². The number of nitrogens with one attached hydrogen (secondary N) is 2. The van der Waals surface area contributed by atoms with Crippen LogP contribution in [0.15, 0.2) is 0 Å². The third-order valence-electron chi connectivity index (χ3n) is 1.79. The van der Waals surface area contributed by atoms with Crippen molar-refractivity contribution in [3.8, 4) is 0 Å². The first-order valence-electron chi connectivity index (χ1n) is 5.27. The summed E-state index contributed by atoms with van der Waals surface area (Å²) in [7, 11) is 1.80. The van der Waals surface area contributed by atoms with E-state index in [1.54, 1.807) is 14.0 Å². The van der Waals surface area contributed by atoms with E-state index in [1.165, 1.54) is 0 Å². The number of amides is 1. The van der Waals surface area contributed by atoms with E-state index in [4.69, 9.17) is 4.74 Å². The van der Waals surface area contributed by atoms with Gasteiger partial charge in [-0.15, -0.1) is 0 Å². The lowest BCUT2D eigenvalue weighted by Crippen LogP contribution is -2.27. The lowest BCUT2D eigenvalue weighted by Gasteiger charge is -2.04. The van der Waals surface area contributed by atoms with Gasteiger partial charge in [0, 0.05) is 25.9 Å². The Morgan fingerprint density at radius 3 is 2.53 bits per heavy atom. The Labute approximate surface area is 90.6 Å². The Hall–Kier alpha value is -1.10. The van der Waals surface area contributed by atoms with Gasteiger partial charge in [-0.25, -0.2) is 0 Å². The molecular formula is C10H20N2O3. The summed E-state index contributed by atoms with van der Waals surface area (Å²) >= 11 is 0. The minimum atomic E-state index is -0.207. The van der Waals surface area contributed by atoms with E-state index in [0.29, 0.717) is 39.0 Å². The highest BCUT2D eigenvalue weighted by atomic mass is 16.5. The number of rotatable bonds is 8. The highest BCUT2D eigenvalue weighted by Gasteiger charge is 2.02. The molecule has 0 fully saturated rings. The van der Waals surface area contributed by atoms with E-state index >= 15 is 0 Å². The quantitative estimate of drug-likeness (QED) is 0.444. The molecule has 2 N–H and O–H groups in total. The summed E-state index contributed by atoms with van der Waals surface area (Å²) in [6.07, 6.45) is 1.46. The van der Waals surface area contributed by atoms with E-state index in [1.807, 2.05) is 0 Å². The maximum Gasteiger partial charge on any atom is 0.305 e. The van der Waals surface area contributed by atoms with Crippen LogP contribution in [0.5, 0.6) is 0 Å². The molecule has 0 saturated heterocycles. The molecule has 1 amide bonds. The molecule has 88 valence electrons. The van der Waals surface area contributed by atoms with Crippen LogP contribution in [0, 0.1) is 0 Å².